The zero-order chi connectivity index (χ0) is 46.2. The Morgan fingerprint density at radius 1 is 0.391 bits per heavy atom. The summed E-state index contributed by atoms with van der Waals surface area (Å²) in [7, 11) is 0. The molecule has 0 aromatic rings. The van der Waals surface area contributed by atoms with E-state index in [2.05, 4.69) is 55.4 Å². The van der Waals surface area contributed by atoms with Crippen molar-refractivity contribution in [3.63, 3.8) is 0 Å². The van der Waals surface area contributed by atoms with Gasteiger partial charge in [-0.2, -0.15) is 0 Å². The summed E-state index contributed by atoms with van der Waals surface area (Å²) in [6.07, 6.45) is 8.95. The summed E-state index contributed by atoms with van der Waals surface area (Å²) >= 11 is 0. The Morgan fingerprint density at radius 2 is 0.766 bits per heavy atom. The van der Waals surface area contributed by atoms with Gasteiger partial charge in [0.25, 0.3) is 0 Å². The standard InChI is InChI=1S/C50H94O14/c1-9-17-26-52-35-39-43(38(25-34-56-39)55-29-20-12-4)63-50-48(60-33-24-16-8)47(59-32-23-15-7)45(41(62-50)37-54-28-19-11-3)64-49-46(58-31-22-14-6)42(51)44(57-30-21-13-5)40(61-49)36-53-27-18-10-2/h25,34,38-51H,9-24,26-33,35-37H2,1-8H3/t38?,39?,40?,41?,42?,43-,44-,45-,46?,47?,48?,49+,50-/m0/s1. The molecule has 3 aliphatic rings. The van der Waals surface area contributed by atoms with Gasteiger partial charge in [-0.3, -0.25) is 0 Å². The smallest absolute Gasteiger partial charge is 0.187 e. The predicted molar refractivity (Wildman–Crippen MR) is 248 cm³/mol. The van der Waals surface area contributed by atoms with Crippen LogP contribution in [-0.4, -0.2) is 158 Å². The highest BCUT2D eigenvalue weighted by Crippen LogP contribution is 2.36. The van der Waals surface area contributed by atoms with Crippen molar-refractivity contribution < 1.29 is 66.7 Å². The highest BCUT2D eigenvalue weighted by Gasteiger charge is 2.55. The molecule has 0 aliphatic carbocycles. The second kappa shape index (κ2) is 36.1. The third-order valence-electron chi connectivity index (χ3n) is 11.8. The van der Waals surface area contributed by atoms with Crippen molar-refractivity contribution in [2.45, 2.75) is 238 Å². The molecule has 14 heteroatoms. The fourth-order valence-electron chi connectivity index (χ4n) is 7.71. The minimum Gasteiger partial charge on any atom is -0.493 e. The third-order valence-corrected chi connectivity index (χ3v) is 11.8. The zero-order valence-electron chi connectivity index (χ0n) is 41.5. The zero-order valence-corrected chi connectivity index (χ0v) is 41.5. The monoisotopic (exact) mass is 919 g/mol. The molecule has 0 spiro atoms. The van der Waals surface area contributed by atoms with E-state index in [1.54, 1.807) is 6.26 Å². The molecule has 0 saturated carbocycles. The van der Waals surface area contributed by atoms with Gasteiger partial charge in [0.2, 0.25) is 0 Å². The topological polar surface area (TPSA) is 140 Å². The Hall–Kier alpha value is -0.980. The maximum atomic E-state index is 12.2. The SMILES string of the molecule is CCCCOCC1OC=CC(OCCCC)[C@@H]1O[C@@H]1OC(COCCCC)[C@H](O[C@H]2OC(COCCCC)[C@H](OCCCC)C(O)C2OCCCC)C(OCCCC)C1OCCCC. The molecule has 0 radical (unpaired) electrons. The molecule has 8 unspecified atom stereocenters. The number of hydrogen-bond donors (Lipinski definition) is 1. The molecule has 3 rings (SSSR count). The Morgan fingerprint density at radius 3 is 1.27 bits per heavy atom. The lowest BCUT2D eigenvalue weighted by Gasteiger charge is -2.50. The number of ether oxygens (including phenoxy) is 13. The van der Waals surface area contributed by atoms with Crippen LogP contribution in [0.15, 0.2) is 12.3 Å². The second-order valence-electron chi connectivity index (χ2n) is 17.5. The predicted octanol–water partition coefficient (Wildman–Crippen LogP) is 8.86. The van der Waals surface area contributed by atoms with Crippen molar-refractivity contribution in [1.29, 1.82) is 0 Å². The average Bonchev–Trinajstić information content (AvgIpc) is 3.29. The Labute approximate surface area is 388 Å². The van der Waals surface area contributed by atoms with Crippen LogP contribution in [0.2, 0.25) is 0 Å². The van der Waals surface area contributed by atoms with E-state index in [9.17, 15) is 5.11 Å². The highest BCUT2D eigenvalue weighted by molar-refractivity contribution is 5.02. The first-order valence-corrected chi connectivity index (χ1v) is 25.9. The third kappa shape index (κ3) is 20.3. The van der Waals surface area contributed by atoms with Crippen molar-refractivity contribution in [2.75, 3.05) is 72.7 Å². The van der Waals surface area contributed by atoms with Crippen LogP contribution in [0.25, 0.3) is 0 Å². The van der Waals surface area contributed by atoms with Gasteiger partial charge in [-0.25, -0.2) is 0 Å². The second-order valence-corrected chi connectivity index (χ2v) is 17.5. The van der Waals surface area contributed by atoms with Crippen molar-refractivity contribution in [3.8, 4) is 0 Å². The van der Waals surface area contributed by atoms with Gasteiger partial charge in [-0.1, -0.05) is 107 Å². The first-order chi connectivity index (χ1) is 31.4. The van der Waals surface area contributed by atoms with E-state index in [4.69, 9.17) is 61.6 Å². The molecular weight excluding hydrogens is 825 g/mol. The summed E-state index contributed by atoms with van der Waals surface area (Å²) in [5.74, 6) is 0. The van der Waals surface area contributed by atoms with Crippen LogP contribution in [-0.2, 0) is 61.6 Å². The van der Waals surface area contributed by atoms with Crippen LogP contribution in [0.5, 0.6) is 0 Å². The molecule has 13 atom stereocenters. The minimum absolute atomic E-state index is 0.198. The normalized spacial score (nSPS) is 30.8. The molecule has 3 aliphatic heterocycles. The fourth-order valence-corrected chi connectivity index (χ4v) is 7.71. The fraction of sp³-hybridized carbons (Fsp3) is 0.960. The molecule has 2 fully saturated rings. The van der Waals surface area contributed by atoms with Gasteiger partial charge in [0.1, 0.15) is 61.0 Å². The molecule has 2 saturated heterocycles. The number of unbranched alkanes of at least 4 members (excludes halogenated alkanes) is 8. The highest BCUT2D eigenvalue weighted by atomic mass is 16.8. The average molecular weight is 919 g/mol. The van der Waals surface area contributed by atoms with E-state index in [1.165, 1.54) is 0 Å². The molecule has 0 amide bonds. The molecule has 0 bridgehead atoms. The number of aliphatic hydroxyl groups is 1. The maximum Gasteiger partial charge on any atom is 0.187 e. The summed E-state index contributed by atoms with van der Waals surface area (Å²) in [5.41, 5.74) is 0. The molecular formula is C50H94O14. The van der Waals surface area contributed by atoms with Gasteiger partial charge in [0.05, 0.1) is 26.1 Å². The molecule has 64 heavy (non-hydrogen) atoms. The van der Waals surface area contributed by atoms with Gasteiger partial charge < -0.3 is 66.7 Å². The molecule has 0 aromatic heterocycles. The lowest BCUT2D eigenvalue weighted by Crippen LogP contribution is -2.67. The van der Waals surface area contributed by atoms with Gasteiger partial charge in [0, 0.05) is 52.9 Å². The van der Waals surface area contributed by atoms with Crippen LogP contribution >= 0.6 is 0 Å². The van der Waals surface area contributed by atoms with E-state index >= 15 is 0 Å². The van der Waals surface area contributed by atoms with E-state index in [0.717, 1.165) is 103 Å². The maximum absolute atomic E-state index is 12.2. The molecule has 1 N–H and O–H groups in total. The quantitative estimate of drug-likeness (QED) is 0.0587. The van der Waals surface area contributed by atoms with Crippen molar-refractivity contribution in [2.24, 2.45) is 0 Å². The van der Waals surface area contributed by atoms with E-state index in [0.29, 0.717) is 59.5 Å². The summed E-state index contributed by atoms with van der Waals surface area (Å²) in [6.45, 7) is 22.0. The first kappa shape index (κ1) is 57.3. The number of rotatable bonds is 39. The van der Waals surface area contributed by atoms with E-state index < -0.39 is 79.7 Å². The van der Waals surface area contributed by atoms with Crippen molar-refractivity contribution >= 4 is 0 Å². The lowest BCUT2D eigenvalue weighted by molar-refractivity contribution is -0.379. The summed E-state index contributed by atoms with van der Waals surface area (Å²) < 4.78 is 86.2. The first-order valence-electron chi connectivity index (χ1n) is 25.9. The molecule has 0 aromatic carbocycles. The summed E-state index contributed by atoms with van der Waals surface area (Å²) in [6, 6.07) is 0. The van der Waals surface area contributed by atoms with Crippen LogP contribution < -0.4 is 0 Å². The largest absolute Gasteiger partial charge is 0.493 e. The molecule has 3 heterocycles. The van der Waals surface area contributed by atoms with Gasteiger partial charge >= 0.3 is 0 Å². The molecule has 14 nitrogen and oxygen atoms in total. The van der Waals surface area contributed by atoms with E-state index in [-0.39, 0.29) is 13.2 Å². The Kier molecular flexibility index (Phi) is 32.3. The van der Waals surface area contributed by atoms with Crippen molar-refractivity contribution in [1.82, 2.24) is 0 Å². The summed E-state index contributed by atoms with van der Waals surface area (Å²) in [4.78, 5) is 0. The summed E-state index contributed by atoms with van der Waals surface area (Å²) in [5, 5.41) is 12.2. The van der Waals surface area contributed by atoms with Crippen molar-refractivity contribution in [3.05, 3.63) is 12.3 Å². The van der Waals surface area contributed by atoms with Crippen LogP contribution in [0, 0.1) is 0 Å². The number of hydrogen-bond acceptors (Lipinski definition) is 14. The lowest BCUT2D eigenvalue weighted by atomic mass is 9.95. The van der Waals surface area contributed by atoms with Crippen LogP contribution in [0.3, 0.4) is 0 Å². The van der Waals surface area contributed by atoms with Crippen LogP contribution in [0.4, 0.5) is 0 Å². The minimum atomic E-state index is -1.05. The van der Waals surface area contributed by atoms with Gasteiger partial charge in [-0.15, -0.1) is 0 Å². The molecule has 378 valence electrons. The Balaban J connectivity index is 2.11. The van der Waals surface area contributed by atoms with Gasteiger partial charge in [0.15, 0.2) is 18.7 Å². The number of aliphatic hydroxyl groups excluding tert-OH is 1. The van der Waals surface area contributed by atoms with Gasteiger partial charge in [-0.05, 0) is 57.4 Å². The van der Waals surface area contributed by atoms with E-state index in [1.807, 2.05) is 6.08 Å². The van der Waals surface area contributed by atoms with Crippen LogP contribution in [0.1, 0.15) is 158 Å². The Bertz CT molecular complexity index is 1120.